The van der Waals surface area contributed by atoms with Gasteiger partial charge in [-0.2, -0.15) is 9.97 Å². The van der Waals surface area contributed by atoms with Crippen molar-refractivity contribution in [2.24, 2.45) is 5.92 Å². The predicted molar refractivity (Wildman–Crippen MR) is 139 cm³/mol. The number of imidazole rings is 1. The maximum atomic E-state index is 14.1. The Hall–Kier alpha value is -3.87. The summed E-state index contributed by atoms with van der Waals surface area (Å²) in [6.45, 7) is 3.64. The number of hydrogen-bond donors (Lipinski definition) is 1. The quantitative estimate of drug-likeness (QED) is 0.507. The van der Waals surface area contributed by atoms with E-state index >= 15 is 0 Å². The van der Waals surface area contributed by atoms with E-state index in [1.165, 1.54) is 4.57 Å². The highest BCUT2D eigenvalue weighted by molar-refractivity contribution is 5.84. The zero-order valence-corrected chi connectivity index (χ0v) is 21.6. The Bertz CT molecular complexity index is 1390. The number of alkyl halides is 2. The van der Waals surface area contributed by atoms with Crippen LogP contribution in [-0.2, 0) is 14.3 Å². The number of carbonyl (C=O) groups excluding carboxylic acids is 2. The summed E-state index contributed by atoms with van der Waals surface area (Å²) in [5.74, 6) is 0.743. The molecule has 1 unspecified atom stereocenters. The van der Waals surface area contributed by atoms with Gasteiger partial charge in [0.2, 0.25) is 17.8 Å². The van der Waals surface area contributed by atoms with E-state index in [0.717, 1.165) is 0 Å². The first-order valence-electron chi connectivity index (χ1n) is 13.1. The molecule has 3 aliphatic rings. The Morgan fingerprint density at radius 2 is 1.87 bits per heavy atom. The van der Waals surface area contributed by atoms with Crippen LogP contribution in [0.2, 0.25) is 0 Å². The molecule has 0 aliphatic carbocycles. The van der Waals surface area contributed by atoms with Gasteiger partial charge >= 0.3 is 0 Å². The fourth-order valence-electron chi connectivity index (χ4n) is 5.38. The Kier molecular flexibility index (Phi) is 6.75. The normalized spacial score (nSPS) is 20.6. The van der Waals surface area contributed by atoms with Crippen molar-refractivity contribution >= 4 is 34.6 Å². The molecule has 3 saturated heterocycles. The second-order valence-electron chi connectivity index (χ2n) is 10.2. The van der Waals surface area contributed by atoms with Gasteiger partial charge in [-0.25, -0.2) is 13.8 Å². The van der Waals surface area contributed by atoms with Gasteiger partial charge in [0, 0.05) is 52.3 Å². The van der Waals surface area contributed by atoms with Gasteiger partial charge in [-0.15, -0.1) is 0 Å². The van der Waals surface area contributed by atoms with Crippen molar-refractivity contribution in [1.29, 1.82) is 0 Å². The number of nitrogens with one attached hydrogen (secondary N) is 1. The fourth-order valence-corrected chi connectivity index (χ4v) is 5.38. The van der Waals surface area contributed by atoms with Gasteiger partial charge in [0.25, 0.3) is 6.43 Å². The maximum absolute atomic E-state index is 14.1. The third kappa shape index (κ3) is 4.98. The van der Waals surface area contributed by atoms with Crippen LogP contribution >= 0.6 is 0 Å². The van der Waals surface area contributed by atoms with Gasteiger partial charge in [-0.1, -0.05) is 12.1 Å². The number of halogens is 2. The van der Waals surface area contributed by atoms with E-state index in [0.29, 0.717) is 87.4 Å². The molecule has 6 rings (SSSR count). The standard InChI is InChI=1S/C26H30F2N8O3/c1-33-13-16(6-7-22(33)37)25(38)35-14-17(15-35)29-20-12-21(32-26(31-20)34-8-10-39-11-9-34)36-19-5-3-2-4-18(19)30-24(36)23(27)28/h2-5,12,16-17,23H,6-11,13-15H2,1H3,(H,29,31,32). The lowest BCUT2D eigenvalue weighted by Crippen LogP contribution is -2.59. The van der Waals surface area contributed by atoms with Gasteiger partial charge in [0.05, 0.1) is 36.2 Å². The molecule has 3 fully saturated rings. The number of benzene rings is 1. The number of aromatic nitrogens is 4. The van der Waals surface area contributed by atoms with Gasteiger partial charge in [-0.3, -0.25) is 14.2 Å². The van der Waals surface area contributed by atoms with Crippen LogP contribution in [0, 0.1) is 5.92 Å². The Balaban J connectivity index is 1.25. The number of para-hydroxylation sites is 2. The van der Waals surface area contributed by atoms with E-state index in [4.69, 9.17) is 9.72 Å². The monoisotopic (exact) mass is 540 g/mol. The minimum Gasteiger partial charge on any atom is -0.378 e. The number of hydrogen-bond acceptors (Lipinski definition) is 8. The number of fused-ring (bicyclic) bond motifs is 1. The molecule has 39 heavy (non-hydrogen) atoms. The second-order valence-corrected chi connectivity index (χ2v) is 10.2. The molecule has 2 amide bonds. The van der Waals surface area contributed by atoms with Crippen molar-refractivity contribution in [2.75, 3.05) is 63.2 Å². The number of ether oxygens (including phenoxy) is 1. The van der Waals surface area contributed by atoms with Crippen molar-refractivity contribution in [3.8, 4) is 5.82 Å². The molecule has 13 heteroatoms. The number of anilines is 2. The van der Waals surface area contributed by atoms with Crippen molar-refractivity contribution < 1.29 is 23.1 Å². The van der Waals surface area contributed by atoms with Gasteiger partial charge in [-0.05, 0) is 18.6 Å². The number of rotatable bonds is 6. The van der Waals surface area contributed by atoms with Crippen LogP contribution in [0.3, 0.4) is 0 Å². The number of morpholine rings is 1. The van der Waals surface area contributed by atoms with Gasteiger partial charge in [0.15, 0.2) is 5.82 Å². The second kappa shape index (κ2) is 10.4. The summed E-state index contributed by atoms with van der Waals surface area (Å²) in [5.41, 5.74) is 0.985. The van der Waals surface area contributed by atoms with Crippen LogP contribution in [0.1, 0.15) is 25.1 Å². The van der Waals surface area contributed by atoms with E-state index < -0.39 is 6.43 Å². The van der Waals surface area contributed by atoms with Crippen LogP contribution in [0.5, 0.6) is 0 Å². The molecular weight excluding hydrogens is 510 g/mol. The minimum atomic E-state index is -2.80. The SMILES string of the molecule is CN1CC(C(=O)N2CC(Nc3cc(-n4c(C(F)F)nc5ccccc54)nc(N4CCOCC4)n3)C2)CCC1=O. The summed E-state index contributed by atoms with van der Waals surface area (Å²) in [6, 6.07) is 8.57. The van der Waals surface area contributed by atoms with Gasteiger partial charge < -0.3 is 24.8 Å². The molecule has 1 N–H and O–H groups in total. The number of carbonyl (C=O) groups is 2. The van der Waals surface area contributed by atoms with E-state index in [9.17, 15) is 18.4 Å². The van der Waals surface area contributed by atoms with E-state index in [-0.39, 0.29) is 29.6 Å². The van der Waals surface area contributed by atoms with Crippen molar-refractivity contribution in [3.63, 3.8) is 0 Å². The summed E-state index contributed by atoms with van der Waals surface area (Å²) in [6.07, 6.45) is -1.84. The van der Waals surface area contributed by atoms with Crippen LogP contribution in [0.15, 0.2) is 30.3 Å². The smallest absolute Gasteiger partial charge is 0.296 e. The molecule has 11 nitrogen and oxygen atoms in total. The highest BCUT2D eigenvalue weighted by atomic mass is 19.3. The molecule has 0 saturated carbocycles. The number of piperidine rings is 1. The molecule has 1 aromatic carbocycles. The summed E-state index contributed by atoms with van der Waals surface area (Å²) in [4.78, 5) is 43.6. The molecule has 0 bridgehead atoms. The molecule has 3 aliphatic heterocycles. The lowest BCUT2D eigenvalue weighted by Gasteiger charge is -2.42. The molecule has 3 aromatic rings. The Labute approximate surface area is 223 Å². The Morgan fingerprint density at radius 1 is 1.10 bits per heavy atom. The van der Waals surface area contributed by atoms with Gasteiger partial charge in [0.1, 0.15) is 11.6 Å². The van der Waals surface area contributed by atoms with Crippen molar-refractivity contribution in [1.82, 2.24) is 29.3 Å². The highest BCUT2D eigenvalue weighted by Crippen LogP contribution is 2.30. The average molecular weight is 541 g/mol. The summed E-state index contributed by atoms with van der Waals surface area (Å²) in [5, 5.41) is 3.37. The largest absolute Gasteiger partial charge is 0.378 e. The lowest BCUT2D eigenvalue weighted by molar-refractivity contribution is -0.145. The van der Waals surface area contributed by atoms with E-state index in [2.05, 4.69) is 15.3 Å². The number of nitrogens with zero attached hydrogens (tertiary/aromatic N) is 7. The molecule has 0 radical (unpaired) electrons. The number of amides is 2. The van der Waals surface area contributed by atoms with Crippen LogP contribution in [0.25, 0.3) is 16.9 Å². The zero-order valence-electron chi connectivity index (χ0n) is 21.6. The van der Waals surface area contributed by atoms with Crippen molar-refractivity contribution in [3.05, 3.63) is 36.2 Å². The Morgan fingerprint density at radius 3 is 2.62 bits per heavy atom. The fraction of sp³-hybridized carbons (Fsp3) is 0.500. The van der Waals surface area contributed by atoms with E-state index in [1.54, 1.807) is 47.2 Å². The summed E-state index contributed by atoms with van der Waals surface area (Å²) < 4.78 is 35.0. The molecule has 2 aromatic heterocycles. The predicted octanol–water partition coefficient (Wildman–Crippen LogP) is 2.08. The third-order valence-corrected chi connectivity index (χ3v) is 7.53. The van der Waals surface area contributed by atoms with Crippen LogP contribution in [0.4, 0.5) is 20.5 Å². The lowest BCUT2D eigenvalue weighted by atomic mass is 9.94. The maximum Gasteiger partial charge on any atom is 0.296 e. The average Bonchev–Trinajstić information content (AvgIpc) is 3.32. The van der Waals surface area contributed by atoms with Crippen molar-refractivity contribution in [2.45, 2.75) is 25.3 Å². The molecule has 206 valence electrons. The first-order chi connectivity index (χ1) is 18.9. The molecular formula is C26H30F2N8O3. The minimum absolute atomic E-state index is 0.0497. The zero-order chi connectivity index (χ0) is 27.1. The first kappa shape index (κ1) is 25.4. The molecule has 0 spiro atoms. The topological polar surface area (TPSA) is 109 Å². The van der Waals surface area contributed by atoms with Crippen LogP contribution < -0.4 is 10.2 Å². The molecule has 5 heterocycles. The van der Waals surface area contributed by atoms with E-state index in [1.807, 2.05) is 4.90 Å². The first-order valence-corrected chi connectivity index (χ1v) is 13.1. The van der Waals surface area contributed by atoms with Crippen LogP contribution in [-0.4, -0.2) is 100 Å². The third-order valence-electron chi connectivity index (χ3n) is 7.53. The molecule has 1 atom stereocenters. The highest BCUT2D eigenvalue weighted by Gasteiger charge is 2.37. The summed E-state index contributed by atoms with van der Waals surface area (Å²) >= 11 is 0. The summed E-state index contributed by atoms with van der Waals surface area (Å²) in [7, 11) is 1.73. The number of likely N-dealkylation sites (tertiary alicyclic amines) is 2.